The summed E-state index contributed by atoms with van der Waals surface area (Å²) in [5.74, 6) is 4.36. The third kappa shape index (κ3) is 6.61. The Kier molecular flexibility index (Phi) is 5.76. The van der Waals surface area contributed by atoms with Crippen LogP contribution in [0.5, 0.6) is 0 Å². The fraction of sp³-hybridized carbons (Fsp3) is 0.467. The Morgan fingerprint density at radius 1 is 1.33 bits per heavy atom. The van der Waals surface area contributed by atoms with Crippen LogP contribution < -0.4 is 4.72 Å². The molecule has 1 rings (SSSR count). The van der Waals surface area contributed by atoms with Gasteiger partial charge in [0.15, 0.2) is 0 Å². The topological polar surface area (TPSA) is 66.4 Å². The number of aliphatic hydroxyl groups is 1. The molecule has 0 saturated heterocycles. The maximum absolute atomic E-state index is 13.2. The van der Waals surface area contributed by atoms with Gasteiger partial charge >= 0.3 is 0 Å². The zero-order valence-electron chi connectivity index (χ0n) is 12.4. The summed E-state index contributed by atoms with van der Waals surface area (Å²) in [6.07, 6.45) is 0.501. The second kappa shape index (κ2) is 6.92. The summed E-state index contributed by atoms with van der Waals surface area (Å²) < 4.78 is 39.7. The SMILES string of the molecule is CC(C)(C)CCS(=O)(=O)Nc1ccc(F)cc1C#CCO. The molecule has 0 spiro atoms. The smallest absolute Gasteiger partial charge is 0.232 e. The highest BCUT2D eigenvalue weighted by atomic mass is 32.2. The molecule has 1 aromatic rings. The van der Waals surface area contributed by atoms with Crippen molar-refractivity contribution in [3.8, 4) is 11.8 Å². The Hall–Kier alpha value is -1.58. The van der Waals surface area contributed by atoms with Crippen LogP contribution in [0.3, 0.4) is 0 Å². The van der Waals surface area contributed by atoms with Crippen molar-refractivity contribution in [2.75, 3.05) is 17.1 Å². The van der Waals surface area contributed by atoms with Gasteiger partial charge in [-0.3, -0.25) is 4.72 Å². The Morgan fingerprint density at radius 2 is 2.00 bits per heavy atom. The molecule has 6 heteroatoms. The van der Waals surface area contributed by atoms with Crippen LogP contribution in [0, 0.1) is 23.1 Å². The zero-order chi connectivity index (χ0) is 16.1. The van der Waals surface area contributed by atoms with E-state index >= 15 is 0 Å². The molecule has 4 nitrogen and oxygen atoms in total. The maximum Gasteiger partial charge on any atom is 0.232 e. The third-order valence-electron chi connectivity index (χ3n) is 2.67. The number of hydrogen-bond donors (Lipinski definition) is 2. The molecule has 0 fully saturated rings. The van der Waals surface area contributed by atoms with Crippen LogP contribution in [0.1, 0.15) is 32.8 Å². The summed E-state index contributed by atoms with van der Waals surface area (Å²) in [6.45, 7) is 5.49. The molecule has 0 heterocycles. The molecule has 116 valence electrons. The van der Waals surface area contributed by atoms with E-state index in [0.29, 0.717) is 6.42 Å². The quantitative estimate of drug-likeness (QED) is 0.839. The van der Waals surface area contributed by atoms with Crippen LogP contribution in [-0.2, 0) is 10.0 Å². The average Bonchev–Trinajstić information content (AvgIpc) is 2.36. The summed E-state index contributed by atoms with van der Waals surface area (Å²) in [7, 11) is -3.53. The molecule has 0 atom stereocenters. The molecule has 0 aliphatic heterocycles. The van der Waals surface area contributed by atoms with E-state index in [-0.39, 0.29) is 29.0 Å². The van der Waals surface area contributed by atoms with Gasteiger partial charge in [0, 0.05) is 0 Å². The highest BCUT2D eigenvalue weighted by molar-refractivity contribution is 7.92. The Balaban J connectivity index is 2.96. The monoisotopic (exact) mass is 313 g/mol. The van der Waals surface area contributed by atoms with Crippen molar-refractivity contribution in [1.29, 1.82) is 0 Å². The standard InChI is InChI=1S/C15H20FNO3S/c1-15(2,3)8-10-21(19,20)17-14-7-6-13(16)11-12(14)5-4-9-18/h6-7,11,17-18H,8-10H2,1-3H3. The molecule has 0 saturated carbocycles. The molecule has 2 N–H and O–H groups in total. The normalized spacial score (nSPS) is 11.7. The minimum absolute atomic E-state index is 0.0270. The molecule has 21 heavy (non-hydrogen) atoms. The molecule has 0 aromatic heterocycles. The lowest BCUT2D eigenvalue weighted by Gasteiger charge is -2.18. The van der Waals surface area contributed by atoms with Crippen molar-refractivity contribution < 1.29 is 17.9 Å². The zero-order valence-corrected chi connectivity index (χ0v) is 13.2. The van der Waals surface area contributed by atoms with Crippen LogP contribution in [0.25, 0.3) is 0 Å². The van der Waals surface area contributed by atoms with Gasteiger partial charge in [-0.1, -0.05) is 32.6 Å². The summed E-state index contributed by atoms with van der Waals surface area (Å²) in [4.78, 5) is 0. The fourth-order valence-electron chi connectivity index (χ4n) is 1.50. The summed E-state index contributed by atoms with van der Waals surface area (Å²) in [6, 6.07) is 3.61. The summed E-state index contributed by atoms with van der Waals surface area (Å²) in [5.41, 5.74) is 0.312. The molecule has 0 unspecified atom stereocenters. The van der Waals surface area contributed by atoms with Crippen molar-refractivity contribution in [3.05, 3.63) is 29.6 Å². The lowest BCUT2D eigenvalue weighted by Crippen LogP contribution is -2.21. The van der Waals surface area contributed by atoms with E-state index < -0.39 is 15.8 Å². The largest absolute Gasteiger partial charge is 0.384 e. The van der Waals surface area contributed by atoms with Gasteiger partial charge < -0.3 is 5.11 Å². The van der Waals surface area contributed by atoms with Crippen molar-refractivity contribution in [2.24, 2.45) is 5.41 Å². The summed E-state index contributed by atoms with van der Waals surface area (Å²) in [5, 5.41) is 8.69. The number of halogens is 1. The molecule has 0 bridgehead atoms. The Bertz CT molecular complexity index is 652. The van der Waals surface area contributed by atoms with Crippen LogP contribution in [0.15, 0.2) is 18.2 Å². The van der Waals surface area contributed by atoms with E-state index in [4.69, 9.17) is 5.11 Å². The van der Waals surface area contributed by atoms with Gasteiger partial charge in [-0.15, -0.1) is 0 Å². The van der Waals surface area contributed by atoms with Crippen molar-refractivity contribution in [2.45, 2.75) is 27.2 Å². The molecular weight excluding hydrogens is 293 g/mol. The molecular formula is C15H20FNO3S. The minimum atomic E-state index is -3.53. The highest BCUT2D eigenvalue weighted by Gasteiger charge is 2.18. The van der Waals surface area contributed by atoms with Crippen LogP contribution in [0.2, 0.25) is 0 Å². The van der Waals surface area contributed by atoms with Gasteiger partial charge in [-0.25, -0.2) is 12.8 Å². The summed E-state index contributed by atoms with van der Waals surface area (Å²) >= 11 is 0. The average molecular weight is 313 g/mol. The van der Waals surface area contributed by atoms with Crippen molar-refractivity contribution >= 4 is 15.7 Å². The first-order valence-corrected chi connectivity index (χ1v) is 8.18. The maximum atomic E-state index is 13.2. The fourth-order valence-corrected chi connectivity index (χ4v) is 3.00. The predicted octanol–water partition coefficient (Wildman–Crippen LogP) is 2.35. The second-order valence-electron chi connectivity index (χ2n) is 5.88. The first-order chi connectivity index (χ1) is 9.63. The number of aliphatic hydroxyl groups excluding tert-OH is 1. The van der Waals surface area contributed by atoms with Crippen LogP contribution >= 0.6 is 0 Å². The highest BCUT2D eigenvalue weighted by Crippen LogP contribution is 2.22. The number of nitrogens with one attached hydrogen (secondary N) is 1. The lowest BCUT2D eigenvalue weighted by atomic mass is 9.94. The lowest BCUT2D eigenvalue weighted by molar-refractivity contribution is 0.350. The number of rotatable bonds is 4. The van der Waals surface area contributed by atoms with Crippen LogP contribution in [-0.4, -0.2) is 25.9 Å². The predicted molar refractivity (Wildman–Crippen MR) is 81.8 cm³/mol. The number of benzene rings is 1. The molecule has 1 aromatic carbocycles. The molecule has 0 radical (unpaired) electrons. The number of sulfonamides is 1. The Morgan fingerprint density at radius 3 is 2.57 bits per heavy atom. The van der Waals surface area contributed by atoms with Gasteiger partial charge in [-0.05, 0) is 30.0 Å². The van der Waals surface area contributed by atoms with Gasteiger partial charge in [0.25, 0.3) is 0 Å². The van der Waals surface area contributed by atoms with Gasteiger partial charge in [-0.2, -0.15) is 0 Å². The first kappa shape index (κ1) is 17.5. The van der Waals surface area contributed by atoms with Crippen molar-refractivity contribution in [1.82, 2.24) is 0 Å². The van der Waals surface area contributed by atoms with E-state index in [1.807, 2.05) is 20.8 Å². The van der Waals surface area contributed by atoms with Gasteiger partial charge in [0.05, 0.1) is 17.0 Å². The van der Waals surface area contributed by atoms with E-state index in [0.717, 1.165) is 12.1 Å². The van der Waals surface area contributed by atoms with E-state index in [2.05, 4.69) is 16.6 Å². The first-order valence-electron chi connectivity index (χ1n) is 6.53. The van der Waals surface area contributed by atoms with Gasteiger partial charge in [0.1, 0.15) is 12.4 Å². The number of anilines is 1. The number of hydrogen-bond acceptors (Lipinski definition) is 3. The Labute approximate surface area is 125 Å². The van der Waals surface area contributed by atoms with Crippen molar-refractivity contribution in [3.63, 3.8) is 0 Å². The van der Waals surface area contributed by atoms with Crippen LogP contribution in [0.4, 0.5) is 10.1 Å². The molecule has 0 amide bonds. The second-order valence-corrected chi connectivity index (χ2v) is 7.72. The van der Waals surface area contributed by atoms with E-state index in [1.165, 1.54) is 6.07 Å². The third-order valence-corrected chi connectivity index (χ3v) is 3.94. The molecule has 0 aliphatic carbocycles. The van der Waals surface area contributed by atoms with Gasteiger partial charge in [0.2, 0.25) is 10.0 Å². The molecule has 0 aliphatic rings. The van der Waals surface area contributed by atoms with E-state index in [1.54, 1.807) is 0 Å². The van der Waals surface area contributed by atoms with E-state index in [9.17, 15) is 12.8 Å². The minimum Gasteiger partial charge on any atom is -0.384 e.